The highest BCUT2D eigenvalue weighted by atomic mass is 19.1. The van der Waals surface area contributed by atoms with Gasteiger partial charge in [0, 0.05) is 18.0 Å². The van der Waals surface area contributed by atoms with Gasteiger partial charge in [0.25, 0.3) is 0 Å². The molecule has 21 heavy (non-hydrogen) atoms. The van der Waals surface area contributed by atoms with Crippen LogP contribution in [0.4, 0.5) is 4.39 Å². The maximum absolute atomic E-state index is 14.0. The number of aromatic carboxylic acids is 1. The molecule has 0 bridgehead atoms. The molecule has 0 saturated heterocycles. The molecule has 2 aromatic heterocycles. The van der Waals surface area contributed by atoms with Gasteiger partial charge in [-0.15, -0.1) is 0 Å². The maximum atomic E-state index is 14.0. The molecule has 0 radical (unpaired) electrons. The Hall–Kier alpha value is -3.02. The highest BCUT2D eigenvalue weighted by molar-refractivity contribution is 5.95. The number of hydrogen-bond acceptors (Lipinski definition) is 3. The summed E-state index contributed by atoms with van der Waals surface area (Å²) in [5, 5.41) is 13.3. The first-order chi connectivity index (χ1) is 10.2. The van der Waals surface area contributed by atoms with Gasteiger partial charge in [0.2, 0.25) is 0 Å². The van der Waals surface area contributed by atoms with Crippen LogP contribution in [0.1, 0.15) is 10.4 Å². The summed E-state index contributed by atoms with van der Waals surface area (Å²) in [6.07, 6.45) is 4.30. The molecule has 104 valence electrons. The van der Waals surface area contributed by atoms with Crippen LogP contribution in [0.2, 0.25) is 0 Å². The summed E-state index contributed by atoms with van der Waals surface area (Å²) in [4.78, 5) is 15.3. The lowest BCUT2D eigenvalue weighted by molar-refractivity contribution is 0.0697. The second-order valence-corrected chi connectivity index (χ2v) is 4.32. The molecule has 0 aliphatic carbocycles. The molecule has 0 fully saturated rings. The Bertz CT molecular complexity index is 800. The predicted molar refractivity (Wildman–Crippen MR) is 73.7 cm³/mol. The zero-order chi connectivity index (χ0) is 14.8. The van der Waals surface area contributed by atoms with Gasteiger partial charge in [0.15, 0.2) is 0 Å². The molecular weight excluding hydrogens is 273 g/mol. The van der Waals surface area contributed by atoms with E-state index in [0.29, 0.717) is 11.3 Å². The Morgan fingerprint density at radius 2 is 1.95 bits per heavy atom. The monoisotopic (exact) mass is 283 g/mol. The largest absolute Gasteiger partial charge is 0.478 e. The molecule has 1 N–H and O–H groups in total. The molecule has 3 aromatic rings. The summed E-state index contributed by atoms with van der Waals surface area (Å²) in [6.45, 7) is 0. The summed E-state index contributed by atoms with van der Waals surface area (Å²) >= 11 is 0. The first kappa shape index (κ1) is 13.0. The molecule has 3 rings (SSSR count). The van der Waals surface area contributed by atoms with Crippen LogP contribution in [-0.2, 0) is 0 Å². The Labute approximate surface area is 119 Å². The van der Waals surface area contributed by atoms with Crippen molar-refractivity contribution in [2.45, 2.75) is 0 Å². The third kappa shape index (κ3) is 2.27. The number of benzene rings is 1. The van der Waals surface area contributed by atoms with Crippen LogP contribution < -0.4 is 0 Å². The van der Waals surface area contributed by atoms with Crippen LogP contribution in [0, 0.1) is 5.82 Å². The van der Waals surface area contributed by atoms with Crippen molar-refractivity contribution in [3.63, 3.8) is 0 Å². The van der Waals surface area contributed by atoms with E-state index in [1.165, 1.54) is 29.2 Å². The SMILES string of the molecule is O=C(O)c1cnn(-c2ccccc2F)c1-c1cccnc1. The van der Waals surface area contributed by atoms with Gasteiger partial charge in [-0.1, -0.05) is 12.1 Å². The number of carboxylic acids is 1. The summed E-state index contributed by atoms with van der Waals surface area (Å²) in [5.74, 6) is -1.61. The van der Waals surface area contributed by atoms with E-state index in [-0.39, 0.29) is 11.3 Å². The number of halogens is 1. The molecular formula is C15H10FN3O2. The normalized spacial score (nSPS) is 10.5. The maximum Gasteiger partial charge on any atom is 0.339 e. The fourth-order valence-electron chi connectivity index (χ4n) is 2.09. The van der Waals surface area contributed by atoms with E-state index < -0.39 is 11.8 Å². The highest BCUT2D eigenvalue weighted by Crippen LogP contribution is 2.27. The first-order valence-electron chi connectivity index (χ1n) is 6.15. The number of nitrogens with zero attached hydrogens (tertiary/aromatic N) is 3. The Kier molecular flexibility index (Phi) is 3.19. The molecule has 0 amide bonds. The van der Waals surface area contributed by atoms with Crippen LogP contribution >= 0.6 is 0 Å². The van der Waals surface area contributed by atoms with Crippen molar-refractivity contribution < 1.29 is 14.3 Å². The third-order valence-corrected chi connectivity index (χ3v) is 3.02. The quantitative estimate of drug-likeness (QED) is 0.802. The van der Waals surface area contributed by atoms with Gasteiger partial charge in [-0.3, -0.25) is 4.98 Å². The second-order valence-electron chi connectivity index (χ2n) is 4.32. The van der Waals surface area contributed by atoms with E-state index in [1.807, 2.05) is 0 Å². The Balaban J connectivity index is 2.28. The van der Waals surface area contributed by atoms with E-state index in [1.54, 1.807) is 30.5 Å². The van der Waals surface area contributed by atoms with Gasteiger partial charge in [0.05, 0.1) is 11.9 Å². The van der Waals surface area contributed by atoms with Crippen molar-refractivity contribution in [3.8, 4) is 16.9 Å². The molecule has 1 aromatic carbocycles. The van der Waals surface area contributed by atoms with Crippen LogP contribution in [0.3, 0.4) is 0 Å². The van der Waals surface area contributed by atoms with E-state index in [9.17, 15) is 14.3 Å². The second kappa shape index (κ2) is 5.16. The Morgan fingerprint density at radius 1 is 1.14 bits per heavy atom. The minimum Gasteiger partial charge on any atom is -0.478 e. The zero-order valence-electron chi connectivity index (χ0n) is 10.8. The van der Waals surface area contributed by atoms with E-state index in [4.69, 9.17) is 0 Å². The molecule has 0 aliphatic rings. The van der Waals surface area contributed by atoms with Crippen molar-refractivity contribution in [2.75, 3.05) is 0 Å². The van der Waals surface area contributed by atoms with E-state index in [0.717, 1.165) is 0 Å². The van der Waals surface area contributed by atoms with Crippen LogP contribution in [0.5, 0.6) is 0 Å². The molecule has 0 saturated carbocycles. The fourth-order valence-corrected chi connectivity index (χ4v) is 2.09. The molecule has 0 aliphatic heterocycles. The minimum atomic E-state index is -1.13. The summed E-state index contributed by atoms with van der Waals surface area (Å²) < 4.78 is 15.2. The minimum absolute atomic E-state index is 0.00810. The molecule has 2 heterocycles. The predicted octanol–water partition coefficient (Wildman–Crippen LogP) is 2.77. The fraction of sp³-hybridized carbons (Fsp3) is 0. The summed E-state index contributed by atoms with van der Waals surface area (Å²) in [7, 11) is 0. The number of aromatic nitrogens is 3. The molecule has 6 heteroatoms. The van der Waals surface area contributed by atoms with Gasteiger partial charge in [0.1, 0.15) is 17.1 Å². The lowest BCUT2D eigenvalue weighted by atomic mass is 10.1. The van der Waals surface area contributed by atoms with Gasteiger partial charge < -0.3 is 5.11 Å². The van der Waals surface area contributed by atoms with E-state index in [2.05, 4.69) is 10.1 Å². The number of hydrogen-bond donors (Lipinski definition) is 1. The molecule has 0 atom stereocenters. The zero-order valence-corrected chi connectivity index (χ0v) is 10.8. The highest BCUT2D eigenvalue weighted by Gasteiger charge is 2.20. The van der Waals surface area contributed by atoms with Crippen molar-refractivity contribution >= 4 is 5.97 Å². The number of para-hydroxylation sites is 1. The standard InChI is InChI=1S/C15H10FN3O2/c16-12-5-1-2-6-13(12)19-14(10-4-3-7-17-8-10)11(9-18-19)15(20)21/h1-9H,(H,20,21). The van der Waals surface area contributed by atoms with Crippen molar-refractivity contribution in [1.82, 2.24) is 14.8 Å². The molecule has 5 nitrogen and oxygen atoms in total. The Morgan fingerprint density at radius 3 is 2.62 bits per heavy atom. The smallest absolute Gasteiger partial charge is 0.339 e. The van der Waals surface area contributed by atoms with Gasteiger partial charge in [-0.25, -0.2) is 13.9 Å². The van der Waals surface area contributed by atoms with Crippen LogP contribution in [-0.4, -0.2) is 25.8 Å². The number of carboxylic acid groups (broad SMARTS) is 1. The number of rotatable bonds is 3. The number of pyridine rings is 1. The lowest BCUT2D eigenvalue weighted by Gasteiger charge is -2.09. The van der Waals surface area contributed by atoms with Crippen molar-refractivity contribution in [3.05, 3.63) is 66.4 Å². The van der Waals surface area contributed by atoms with Crippen LogP contribution in [0.25, 0.3) is 16.9 Å². The number of carbonyl (C=O) groups is 1. The average Bonchev–Trinajstić information content (AvgIpc) is 2.93. The summed E-state index contributed by atoms with van der Waals surface area (Å²) in [6, 6.07) is 9.43. The third-order valence-electron chi connectivity index (χ3n) is 3.02. The molecule has 0 unspecified atom stereocenters. The lowest BCUT2D eigenvalue weighted by Crippen LogP contribution is -2.04. The summed E-state index contributed by atoms with van der Waals surface area (Å²) in [5.41, 5.74) is 1.02. The van der Waals surface area contributed by atoms with Crippen molar-refractivity contribution in [1.29, 1.82) is 0 Å². The van der Waals surface area contributed by atoms with Crippen molar-refractivity contribution in [2.24, 2.45) is 0 Å². The van der Waals surface area contributed by atoms with Crippen LogP contribution in [0.15, 0.2) is 55.0 Å². The first-order valence-corrected chi connectivity index (χ1v) is 6.15. The topological polar surface area (TPSA) is 68.0 Å². The van der Waals surface area contributed by atoms with Gasteiger partial charge in [-0.05, 0) is 24.3 Å². The average molecular weight is 283 g/mol. The molecule has 0 spiro atoms. The van der Waals surface area contributed by atoms with Gasteiger partial charge >= 0.3 is 5.97 Å². The van der Waals surface area contributed by atoms with Gasteiger partial charge in [-0.2, -0.15) is 5.10 Å². The van der Waals surface area contributed by atoms with E-state index >= 15 is 0 Å².